The molecule has 0 aromatic heterocycles. The molecule has 1 amide bonds. The van der Waals surface area contributed by atoms with Gasteiger partial charge in [0.2, 0.25) is 5.91 Å². The summed E-state index contributed by atoms with van der Waals surface area (Å²) in [5.74, 6) is -2.71. The van der Waals surface area contributed by atoms with E-state index in [4.69, 9.17) is 4.74 Å². The van der Waals surface area contributed by atoms with Crippen molar-refractivity contribution in [3.05, 3.63) is 0 Å². The first kappa shape index (κ1) is 14.7. The van der Waals surface area contributed by atoms with Gasteiger partial charge in [-0.05, 0) is 12.3 Å². The minimum atomic E-state index is -1.25. The Morgan fingerprint density at radius 3 is 2.50 bits per heavy atom. The molecule has 0 bridgehead atoms. The molecule has 1 heterocycles. The molecular weight excluding hydrogens is 234 g/mol. The van der Waals surface area contributed by atoms with Crippen molar-refractivity contribution in [2.75, 3.05) is 19.7 Å². The fourth-order valence-electron chi connectivity index (χ4n) is 2.01. The lowest BCUT2D eigenvalue weighted by Gasteiger charge is -2.34. The van der Waals surface area contributed by atoms with Crippen LogP contribution in [0.3, 0.4) is 0 Å². The summed E-state index contributed by atoms with van der Waals surface area (Å²) in [6.07, 6.45) is 0.227. The summed E-state index contributed by atoms with van der Waals surface area (Å²) >= 11 is 0. The average molecular weight is 255 g/mol. The van der Waals surface area contributed by atoms with Gasteiger partial charge in [0.25, 0.3) is 0 Å². The van der Waals surface area contributed by atoms with Crippen LogP contribution in [-0.2, 0) is 19.1 Å². The molecule has 0 radical (unpaired) electrons. The average Bonchev–Trinajstić information content (AvgIpc) is 2.21. The number of Topliss-reactive ketones (excluding diaryl/α,β-unsaturated/α-hetero) is 1. The summed E-state index contributed by atoms with van der Waals surface area (Å²) < 4.78 is 4.79. The third kappa shape index (κ3) is 3.55. The Morgan fingerprint density at radius 2 is 2.00 bits per heavy atom. The van der Waals surface area contributed by atoms with E-state index in [0.29, 0.717) is 13.1 Å². The molecular formula is C13H21NO4. The Hall–Kier alpha value is -1.39. The molecule has 1 fully saturated rings. The van der Waals surface area contributed by atoms with Crippen molar-refractivity contribution in [2.45, 2.75) is 34.1 Å². The number of likely N-dealkylation sites (tertiary alicyclic amines) is 1. The standard InChI is InChI=1S/C13H21NO4/c1-5-18-12(17)10-9(15)6-7-14(11(10)16)8-13(2,3)4/h10H,5-8H2,1-4H3. The maximum Gasteiger partial charge on any atom is 0.326 e. The first-order valence-electron chi connectivity index (χ1n) is 6.24. The number of carbonyl (C=O) groups is 3. The maximum atomic E-state index is 12.1. The Labute approximate surface area is 107 Å². The van der Waals surface area contributed by atoms with Crippen LogP contribution in [0.4, 0.5) is 0 Å². The normalized spacial score (nSPS) is 21.1. The molecule has 1 rings (SSSR count). The molecule has 0 aromatic carbocycles. The van der Waals surface area contributed by atoms with E-state index in [1.54, 1.807) is 11.8 Å². The van der Waals surface area contributed by atoms with E-state index in [9.17, 15) is 14.4 Å². The lowest BCUT2D eigenvalue weighted by molar-refractivity contribution is -0.161. The van der Waals surface area contributed by atoms with Gasteiger partial charge in [-0.3, -0.25) is 14.4 Å². The molecule has 0 N–H and O–H groups in total. The molecule has 102 valence electrons. The minimum absolute atomic E-state index is 0.0603. The van der Waals surface area contributed by atoms with Gasteiger partial charge in [0, 0.05) is 19.5 Å². The monoisotopic (exact) mass is 255 g/mol. The quantitative estimate of drug-likeness (QED) is 0.558. The zero-order chi connectivity index (χ0) is 13.9. The predicted octanol–water partition coefficient (Wildman–Crippen LogP) is 1.01. The van der Waals surface area contributed by atoms with E-state index >= 15 is 0 Å². The molecule has 1 atom stereocenters. The fraction of sp³-hybridized carbons (Fsp3) is 0.769. The van der Waals surface area contributed by atoms with Crippen LogP contribution >= 0.6 is 0 Å². The van der Waals surface area contributed by atoms with Crippen LogP contribution in [0.1, 0.15) is 34.1 Å². The second kappa shape index (κ2) is 5.50. The topological polar surface area (TPSA) is 63.7 Å². The first-order valence-corrected chi connectivity index (χ1v) is 6.24. The zero-order valence-electron chi connectivity index (χ0n) is 11.5. The van der Waals surface area contributed by atoms with Crippen molar-refractivity contribution in [2.24, 2.45) is 11.3 Å². The minimum Gasteiger partial charge on any atom is -0.465 e. The SMILES string of the molecule is CCOC(=O)C1C(=O)CCN(CC(C)(C)C)C1=O. The lowest BCUT2D eigenvalue weighted by Crippen LogP contribution is -2.51. The van der Waals surface area contributed by atoms with Crippen molar-refractivity contribution < 1.29 is 19.1 Å². The van der Waals surface area contributed by atoms with Crippen LogP contribution < -0.4 is 0 Å². The van der Waals surface area contributed by atoms with Crippen LogP contribution in [0, 0.1) is 11.3 Å². The highest BCUT2D eigenvalue weighted by molar-refractivity contribution is 6.17. The third-order valence-corrected chi connectivity index (χ3v) is 2.70. The van der Waals surface area contributed by atoms with Crippen molar-refractivity contribution in [1.29, 1.82) is 0 Å². The molecule has 0 spiro atoms. The van der Waals surface area contributed by atoms with Crippen LogP contribution in [0.5, 0.6) is 0 Å². The summed E-state index contributed by atoms with van der Waals surface area (Å²) in [5, 5.41) is 0. The van der Waals surface area contributed by atoms with Gasteiger partial charge in [0.1, 0.15) is 0 Å². The fourth-order valence-corrected chi connectivity index (χ4v) is 2.01. The van der Waals surface area contributed by atoms with Crippen molar-refractivity contribution in [3.63, 3.8) is 0 Å². The molecule has 1 aliphatic rings. The number of ether oxygens (including phenoxy) is 1. The van der Waals surface area contributed by atoms with E-state index < -0.39 is 17.8 Å². The van der Waals surface area contributed by atoms with Gasteiger partial charge in [-0.25, -0.2) is 0 Å². The second-order valence-electron chi connectivity index (χ2n) is 5.72. The number of hydrogen-bond acceptors (Lipinski definition) is 4. The van der Waals surface area contributed by atoms with Crippen LogP contribution in [0.25, 0.3) is 0 Å². The number of hydrogen-bond donors (Lipinski definition) is 0. The molecule has 5 heteroatoms. The Kier molecular flexibility index (Phi) is 4.48. The van der Waals surface area contributed by atoms with Gasteiger partial charge < -0.3 is 9.64 Å². The summed E-state index contributed by atoms with van der Waals surface area (Å²) in [5.41, 5.74) is -0.0603. The number of carbonyl (C=O) groups excluding carboxylic acids is 3. The van der Waals surface area contributed by atoms with Gasteiger partial charge in [-0.15, -0.1) is 0 Å². The van der Waals surface area contributed by atoms with Gasteiger partial charge in [-0.1, -0.05) is 20.8 Å². The smallest absolute Gasteiger partial charge is 0.326 e. The number of ketones is 1. The molecule has 1 aliphatic heterocycles. The lowest BCUT2D eigenvalue weighted by atomic mass is 9.91. The molecule has 18 heavy (non-hydrogen) atoms. The molecule has 1 unspecified atom stereocenters. The summed E-state index contributed by atoms with van der Waals surface area (Å²) in [6, 6.07) is 0. The van der Waals surface area contributed by atoms with Gasteiger partial charge in [-0.2, -0.15) is 0 Å². The molecule has 0 aliphatic carbocycles. The van der Waals surface area contributed by atoms with Gasteiger partial charge >= 0.3 is 5.97 Å². The zero-order valence-corrected chi connectivity index (χ0v) is 11.5. The van der Waals surface area contributed by atoms with E-state index in [1.807, 2.05) is 20.8 Å². The van der Waals surface area contributed by atoms with Crippen LogP contribution in [0.2, 0.25) is 0 Å². The summed E-state index contributed by atoms with van der Waals surface area (Å²) in [7, 11) is 0. The van der Waals surface area contributed by atoms with E-state index in [0.717, 1.165) is 0 Å². The number of piperidine rings is 1. The maximum absolute atomic E-state index is 12.1. The number of nitrogens with zero attached hydrogens (tertiary/aromatic N) is 1. The molecule has 0 aromatic rings. The van der Waals surface area contributed by atoms with Gasteiger partial charge in [0.15, 0.2) is 11.7 Å². The number of rotatable bonds is 3. The Morgan fingerprint density at radius 1 is 1.39 bits per heavy atom. The van der Waals surface area contributed by atoms with Crippen LogP contribution in [-0.4, -0.2) is 42.3 Å². The largest absolute Gasteiger partial charge is 0.465 e. The summed E-state index contributed by atoms with van der Waals surface area (Å²) in [6.45, 7) is 8.79. The molecule has 1 saturated heterocycles. The van der Waals surface area contributed by atoms with Crippen LogP contribution in [0.15, 0.2) is 0 Å². The summed E-state index contributed by atoms with van der Waals surface area (Å²) in [4.78, 5) is 37.0. The van der Waals surface area contributed by atoms with E-state index in [2.05, 4.69) is 0 Å². The molecule has 0 saturated carbocycles. The van der Waals surface area contributed by atoms with Crippen molar-refractivity contribution in [3.8, 4) is 0 Å². The van der Waals surface area contributed by atoms with E-state index in [1.165, 1.54) is 0 Å². The highest BCUT2D eigenvalue weighted by atomic mass is 16.5. The second-order valence-corrected chi connectivity index (χ2v) is 5.72. The Balaban J connectivity index is 2.81. The predicted molar refractivity (Wildman–Crippen MR) is 65.8 cm³/mol. The molecule has 5 nitrogen and oxygen atoms in total. The highest BCUT2D eigenvalue weighted by Crippen LogP contribution is 2.22. The first-order chi connectivity index (χ1) is 8.26. The third-order valence-electron chi connectivity index (χ3n) is 2.70. The number of amides is 1. The highest BCUT2D eigenvalue weighted by Gasteiger charge is 2.42. The van der Waals surface area contributed by atoms with Gasteiger partial charge in [0.05, 0.1) is 6.61 Å². The Bertz CT molecular complexity index is 356. The number of esters is 1. The van der Waals surface area contributed by atoms with Crippen molar-refractivity contribution in [1.82, 2.24) is 4.90 Å². The van der Waals surface area contributed by atoms with E-state index in [-0.39, 0.29) is 24.2 Å². The van der Waals surface area contributed by atoms with Crippen molar-refractivity contribution >= 4 is 17.7 Å².